The maximum atomic E-state index is 13.3. The molecule has 0 bridgehead atoms. The quantitative estimate of drug-likeness (QED) is 0.149. The van der Waals surface area contributed by atoms with Gasteiger partial charge in [0.25, 0.3) is 17.7 Å². The van der Waals surface area contributed by atoms with Crippen LogP contribution >= 0.6 is 34.2 Å². The molecule has 0 saturated carbocycles. The van der Waals surface area contributed by atoms with Crippen LogP contribution in [0.5, 0.6) is 11.5 Å². The summed E-state index contributed by atoms with van der Waals surface area (Å²) in [4.78, 5) is 63.4. The van der Waals surface area contributed by atoms with Gasteiger partial charge in [0.1, 0.15) is 5.57 Å². The van der Waals surface area contributed by atoms with E-state index in [1.165, 1.54) is 50.6 Å². The van der Waals surface area contributed by atoms with E-state index in [2.05, 4.69) is 15.4 Å². The Labute approximate surface area is 258 Å². The first-order valence-electron chi connectivity index (χ1n) is 12.2. The van der Waals surface area contributed by atoms with Gasteiger partial charge in [-0.05, 0) is 95.2 Å². The minimum absolute atomic E-state index is 0.144. The number of esters is 1. The predicted molar refractivity (Wildman–Crippen MR) is 163 cm³/mol. The molecule has 0 atom stereocenters. The lowest BCUT2D eigenvalue weighted by Gasteiger charge is -2.26. The maximum absolute atomic E-state index is 13.3. The number of carbonyl (C=O) groups excluding carboxylic acids is 5. The molecule has 0 aliphatic carbocycles. The van der Waals surface area contributed by atoms with Crippen molar-refractivity contribution in [3.63, 3.8) is 0 Å². The highest BCUT2D eigenvalue weighted by Gasteiger charge is 2.37. The number of ether oxygens (including phenoxy) is 3. The summed E-state index contributed by atoms with van der Waals surface area (Å²) in [5.74, 6) is -2.23. The van der Waals surface area contributed by atoms with E-state index < -0.39 is 29.7 Å². The van der Waals surface area contributed by atoms with Crippen LogP contribution in [-0.2, 0) is 19.1 Å². The Kier molecular flexibility index (Phi) is 9.48. The minimum Gasteiger partial charge on any atom is -0.493 e. The molecular formula is C29H23ClIN3O8. The molecule has 3 aromatic rings. The Bertz CT molecular complexity index is 1640. The van der Waals surface area contributed by atoms with Crippen molar-refractivity contribution in [2.75, 3.05) is 31.0 Å². The molecule has 216 valence electrons. The average Bonchev–Trinajstić information content (AvgIpc) is 2.96. The number of barbiturate groups is 1. The number of urea groups is 1. The largest absolute Gasteiger partial charge is 0.493 e. The third kappa shape index (κ3) is 6.71. The second kappa shape index (κ2) is 13.0. The smallest absolute Gasteiger partial charge is 0.337 e. The van der Waals surface area contributed by atoms with Gasteiger partial charge in [-0.15, -0.1) is 0 Å². The summed E-state index contributed by atoms with van der Waals surface area (Å²) < 4.78 is 16.4. The van der Waals surface area contributed by atoms with Crippen molar-refractivity contribution in [1.29, 1.82) is 0 Å². The van der Waals surface area contributed by atoms with Gasteiger partial charge in [0.2, 0.25) is 0 Å². The number of hydrogen-bond acceptors (Lipinski definition) is 8. The van der Waals surface area contributed by atoms with E-state index in [1.807, 2.05) is 29.5 Å². The maximum Gasteiger partial charge on any atom is 0.337 e. The van der Waals surface area contributed by atoms with Crippen molar-refractivity contribution in [3.05, 3.63) is 85.5 Å². The summed E-state index contributed by atoms with van der Waals surface area (Å²) in [7, 11) is 2.63. The van der Waals surface area contributed by atoms with Gasteiger partial charge in [0, 0.05) is 10.7 Å². The molecule has 0 radical (unpaired) electrons. The number of methoxy groups -OCH3 is 2. The number of carbonyl (C=O) groups is 5. The molecule has 0 unspecified atom stereocenters. The monoisotopic (exact) mass is 703 g/mol. The molecule has 4 rings (SSSR count). The zero-order chi connectivity index (χ0) is 30.6. The van der Waals surface area contributed by atoms with Crippen LogP contribution in [0.15, 0.2) is 60.2 Å². The molecule has 3 aromatic carbocycles. The Hall–Kier alpha value is -4.43. The van der Waals surface area contributed by atoms with Gasteiger partial charge in [-0.2, -0.15) is 0 Å². The average molecular weight is 704 g/mol. The van der Waals surface area contributed by atoms with Crippen molar-refractivity contribution < 1.29 is 38.2 Å². The number of hydrogen-bond donors (Lipinski definition) is 2. The minimum atomic E-state index is -0.935. The molecule has 11 nitrogen and oxygen atoms in total. The summed E-state index contributed by atoms with van der Waals surface area (Å²) in [6, 6.07) is 12.9. The zero-order valence-corrected chi connectivity index (χ0v) is 25.4. The van der Waals surface area contributed by atoms with Crippen LogP contribution in [0.25, 0.3) is 6.08 Å². The van der Waals surface area contributed by atoms with Gasteiger partial charge in [-0.3, -0.25) is 19.7 Å². The number of anilines is 2. The second-order valence-corrected chi connectivity index (χ2v) is 10.4. The van der Waals surface area contributed by atoms with Gasteiger partial charge in [-0.25, -0.2) is 14.5 Å². The molecule has 1 heterocycles. The number of amides is 5. The Morgan fingerprint density at radius 2 is 1.76 bits per heavy atom. The van der Waals surface area contributed by atoms with Crippen molar-refractivity contribution >= 4 is 81.4 Å². The van der Waals surface area contributed by atoms with Gasteiger partial charge in [0.15, 0.2) is 18.1 Å². The number of benzene rings is 3. The SMILES string of the molecule is COC(=O)c1ccc(N2C(=O)NC(=O)/C(=C/c3cc(I)c(OCC(=O)Nc4ccc(C)c(Cl)c4)c(OC)c3)C2=O)cc1. The molecule has 1 aliphatic rings. The highest BCUT2D eigenvalue weighted by molar-refractivity contribution is 14.1. The number of aryl methyl sites for hydroxylation is 1. The summed E-state index contributed by atoms with van der Waals surface area (Å²) >= 11 is 8.09. The van der Waals surface area contributed by atoms with E-state index in [0.29, 0.717) is 19.8 Å². The molecule has 1 aliphatic heterocycles. The van der Waals surface area contributed by atoms with Gasteiger partial charge < -0.3 is 19.5 Å². The fraction of sp³-hybridized carbons (Fsp3) is 0.138. The van der Waals surface area contributed by atoms with Crippen LogP contribution in [0.4, 0.5) is 16.2 Å². The first-order valence-corrected chi connectivity index (χ1v) is 13.6. The first-order chi connectivity index (χ1) is 20.0. The number of imide groups is 2. The fourth-order valence-corrected chi connectivity index (χ4v) is 4.85. The highest BCUT2D eigenvalue weighted by atomic mass is 127. The molecule has 1 saturated heterocycles. The number of halogens is 2. The van der Waals surface area contributed by atoms with E-state index in [4.69, 9.17) is 21.1 Å². The van der Waals surface area contributed by atoms with E-state index in [1.54, 1.807) is 24.3 Å². The predicted octanol–water partition coefficient (Wildman–Crippen LogP) is 4.73. The molecule has 1 fully saturated rings. The Balaban J connectivity index is 1.54. The van der Waals surface area contributed by atoms with Gasteiger partial charge >= 0.3 is 12.0 Å². The Morgan fingerprint density at radius 1 is 1.05 bits per heavy atom. The van der Waals surface area contributed by atoms with E-state index >= 15 is 0 Å². The summed E-state index contributed by atoms with van der Waals surface area (Å²) in [6.07, 6.45) is 1.31. The molecular weight excluding hydrogens is 681 g/mol. The molecule has 42 heavy (non-hydrogen) atoms. The van der Waals surface area contributed by atoms with Crippen molar-refractivity contribution in [2.24, 2.45) is 0 Å². The van der Waals surface area contributed by atoms with Crippen molar-refractivity contribution in [3.8, 4) is 11.5 Å². The standard InChI is InChI=1S/C29H23ClIN3O8/c1-15-4-7-18(13-21(15)30)32-24(35)14-42-25-22(31)11-16(12-23(25)40-2)10-20-26(36)33-29(39)34(27(20)37)19-8-5-17(6-9-19)28(38)41-3/h4-13H,14H2,1-3H3,(H,32,35)(H,33,36,39)/b20-10-. The lowest BCUT2D eigenvalue weighted by atomic mass is 10.1. The molecule has 5 amide bonds. The van der Waals surface area contributed by atoms with Gasteiger partial charge in [0.05, 0.1) is 29.0 Å². The van der Waals surface area contributed by atoms with E-state index in [-0.39, 0.29) is 34.9 Å². The zero-order valence-electron chi connectivity index (χ0n) is 22.4. The second-order valence-electron chi connectivity index (χ2n) is 8.83. The third-order valence-corrected chi connectivity index (χ3v) is 7.22. The van der Waals surface area contributed by atoms with Crippen molar-refractivity contribution in [1.82, 2.24) is 5.32 Å². The topological polar surface area (TPSA) is 140 Å². The van der Waals surface area contributed by atoms with Crippen LogP contribution in [0.3, 0.4) is 0 Å². The van der Waals surface area contributed by atoms with Crippen LogP contribution in [0, 0.1) is 10.5 Å². The third-order valence-electron chi connectivity index (χ3n) is 6.01. The van der Waals surface area contributed by atoms with Gasteiger partial charge in [-0.1, -0.05) is 17.7 Å². The fourth-order valence-electron chi connectivity index (χ4n) is 3.89. The van der Waals surface area contributed by atoms with Crippen LogP contribution < -0.4 is 25.0 Å². The summed E-state index contributed by atoms with van der Waals surface area (Å²) in [5.41, 5.74) is 1.85. The van der Waals surface area contributed by atoms with Crippen LogP contribution in [0.1, 0.15) is 21.5 Å². The normalized spacial score (nSPS) is 14.0. The molecule has 2 N–H and O–H groups in total. The van der Waals surface area contributed by atoms with Crippen LogP contribution in [-0.4, -0.2) is 50.5 Å². The summed E-state index contributed by atoms with van der Waals surface area (Å²) in [5, 5.41) is 5.37. The number of nitrogens with one attached hydrogen (secondary N) is 2. The number of nitrogens with zero attached hydrogens (tertiary/aromatic N) is 1. The summed E-state index contributed by atoms with van der Waals surface area (Å²) in [6.45, 7) is 1.52. The first kappa shape index (κ1) is 30.5. The van der Waals surface area contributed by atoms with Crippen LogP contribution in [0.2, 0.25) is 5.02 Å². The van der Waals surface area contributed by atoms with Crippen molar-refractivity contribution in [2.45, 2.75) is 6.92 Å². The lowest BCUT2D eigenvalue weighted by molar-refractivity contribution is -0.122. The highest BCUT2D eigenvalue weighted by Crippen LogP contribution is 2.35. The molecule has 0 aromatic heterocycles. The van der Waals surface area contributed by atoms with E-state index in [9.17, 15) is 24.0 Å². The lowest BCUT2D eigenvalue weighted by Crippen LogP contribution is -2.54. The number of rotatable bonds is 8. The molecule has 13 heteroatoms. The Morgan fingerprint density at radius 3 is 2.40 bits per heavy atom. The van der Waals surface area contributed by atoms with E-state index in [0.717, 1.165) is 10.5 Å². The molecule has 0 spiro atoms.